The quantitative estimate of drug-likeness (QED) is 0.110. The fourth-order valence-electron chi connectivity index (χ4n) is 5.30. The molecule has 0 unspecified atom stereocenters. The second-order valence-corrected chi connectivity index (χ2v) is 15.8. The summed E-state index contributed by atoms with van der Waals surface area (Å²) in [7, 11) is 5.65. The van der Waals surface area contributed by atoms with Crippen molar-refractivity contribution in [1.29, 1.82) is 0 Å². The van der Waals surface area contributed by atoms with Crippen molar-refractivity contribution in [2.75, 3.05) is 28.4 Å². The van der Waals surface area contributed by atoms with Crippen molar-refractivity contribution in [2.45, 2.75) is 65.1 Å². The van der Waals surface area contributed by atoms with E-state index < -0.39 is 35.7 Å². The first kappa shape index (κ1) is 43.8. The molecule has 2 amide bonds. The minimum Gasteiger partial charge on any atom is -0.496 e. The lowest BCUT2D eigenvalue weighted by Gasteiger charge is -2.20. The minimum absolute atomic E-state index is 0.0872. The number of aromatic nitrogens is 2. The molecule has 4 aromatic rings. The van der Waals surface area contributed by atoms with Gasteiger partial charge in [0.2, 0.25) is 11.8 Å². The van der Waals surface area contributed by atoms with Crippen molar-refractivity contribution in [3.63, 3.8) is 0 Å². The zero-order valence-corrected chi connectivity index (χ0v) is 36.8. The van der Waals surface area contributed by atoms with Crippen molar-refractivity contribution < 1.29 is 47.7 Å². The average molecular weight is 996 g/mol. The van der Waals surface area contributed by atoms with Gasteiger partial charge < -0.3 is 39.3 Å². The van der Waals surface area contributed by atoms with Gasteiger partial charge in [-0.25, -0.2) is 19.0 Å². The average Bonchev–Trinajstić information content (AvgIpc) is 3.51. The highest BCUT2D eigenvalue weighted by Crippen LogP contribution is 2.39. The highest BCUT2D eigenvalue weighted by Gasteiger charge is 2.30. The number of methoxy groups -OCH3 is 4. The van der Waals surface area contributed by atoms with Crippen LogP contribution in [0.4, 0.5) is 4.79 Å². The lowest BCUT2D eigenvalue weighted by Crippen LogP contribution is -2.42. The van der Waals surface area contributed by atoms with Crippen LogP contribution in [0, 0.1) is 0 Å². The van der Waals surface area contributed by atoms with Gasteiger partial charge in [0.1, 0.15) is 29.2 Å². The van der Waals surface area contributed by atoms with Crippen LogP contribution in [0.2, 0.25) is 0 Å². The van der Waals surface area contributed by atoms with E-state index in [2.05, 4.69) is 79.3 Å². The lowest BCUT2D eigenvalue weighted by molar-refractivity contribution is -0.145. The van der Waals surface area contributed by atoms with Crippen LogP contribution in [-0.4, -0.2) is 85.5 Å². The molecular weight excluding hydrogens is 956 g/mol. The summed E-state index contributed by atoms with van der Waals surface area (Å²) in [5, 5.41) is 6.76. The van der Waals surface area contributed by atoms with E-state index in [1.807, 2.05) is 12.1 Å². The van der Waals surface area contributed by atoms with Gasteiger partial charge in [0, 0.05) is 43.0 Å². The number of aromatic amines is 1. The van der Waals surface area contributed by atoms with Crippen molar-refractivity contribution in [2.24, 2.45) is 0 Å². The summed E-state index contributed by atoms with van der Waals surface area (Å²) in [4.78, 5) is 63.2. The van der Waals surface area contributed by atoms with Crippen LogP contribution >= 0.6 is 63.7 Å². The summed E-state index contributed by atoms with van der Waals surface area (Å²) in [5.41, 5.74) is 2.19. The Morgan fingerprint density at radius 1 is 0.736 bits per heavy atom. The normalized spacial score (nSPS) is 12.2. The Hall–Kier alpha value is -3.61. The molecule has 0 aliphatic heterocycles. The van der Waals surface area contributed by atoms with E-state index in [-0.39, 0.29) is 24.7 Å². The first-order valence-electron chi connectivity index (χ1n) is 15.8. The minimum atomic E-state index is -0.934. The Bertz CT molecular complexity index is 2040. The molecule has 0 bridgehead atoms. The number of ether oxygens (including phenoxy) is 5. The molecule has 0 saturated carbocycles. The van der Waals surface area contributed by atoms with Crippen molar-refractivity contribution in [3.05, 3.63) is 53.5 Å². The van der Waals surface area contributed by atoms with Crippen LogP contribution in [0.1, 0.15) is 45.7 Å². The Morgan fingerprint density at radius 3 is 1.66 bits per heavy atom. The molecule has 0 aliphatic rings. The molecule has 3 N–H and O–H groups in total. The van der Waals surface area contributed by atoms with Crippen LogP contribution < -0.4 is 20.1 Å². The monoisotopic (exact) mass is 992 g/mol. The van der Waals surface area contributed by atoms with Crippen LogP contribution in [-0.2, 0) is 46.2 Å². The summed E-state index contributed by atoms with van der Waals surface area (Å²) in [6.07, 6.45) is -0.210. The van der Waals surface area contributed by atoms with E-state index >= 15 is 0 Å². The number of rotatable bonds is 10. The summed E-state index contributed by atoms with van der Waals surface area (Å²) in [6, 6.07) is 5.56. The molecule has 14 nitrogen and oxygen atoms in total. The Kier molecular flexibility index (Phi) is 15.4. The lowest BCUT2D eigenvalue weighted by atomic mass is 10.0. The Morgan fingerprint density at radius 2 is 1.21 bits per heavy atom. The van der Waals surface area contributed by atoms with Gasteiger partial charge in [-0.2, -0.15) is 0 Å². The van der Waals surface area contributed by atoms with Gasteiger partial charge in [-0.15, -0.1) is 0 Å². The number of nitrogens with zero attached hydrogens (tertiary/aromatic N) is 1. The molecule has 0 aliphatic carbocycles. The van der Waals surface area contributed by atoms with Crippen LogP contribution in [0.25, 0.3) is 21.8 Å². The number of fused-ring (bicyclic) bond motifs is 2. The molecule has 0 fully saturated rings. The first-order valence-corrected chi connectivity index (χ1v) is 19.0. The molecule has 2 aromatic heterocycles. The molecule has 2 atom stereocenters. The maximum Gasteiger partial charge on any atom is 0.419 e. The molecule has 2 aromatic carbocycles. The molecule has 2 heterocycles. The molecule has 0 spiro atoms. The van der Waals surface area contributed by atoms with E-state index in [4.69, 9.17) is 23.7 Å². The fourth-order valence-corrected chi connectivity index (χ4v) is 7.60. The summed E-state index contributed by atoms with van der Waals surface area (Å²) in [6.45, 7) is 7.99. The fraction of sp³-hybridized carbons (Fsp3) is 0.400. The van der Waals surface area contributed by atoms with Gasteiger partial charge in [-0.1, -0.05) is 0 Å². The van der Waals surface area contributed by atoms with Crippen LogP contribution in [0.15, 0.2) is 42.4 Å². The number of amides is 2. The van der Waals surface area contributed by atoms with Gasteiger partial charge in [0.25, 0.3) is 0 Å². The molecule has 0 saturated heterocycles. The number of carbonyl (C=O) groups is 5. The highest BCUT2D eigenvalue weighted by molar-refractivity contribution is 9.11. The third-order valence-electron chi connectivity index (χ3n) is 7.53. The molecule has 18 heteroatoms. The molecule has 0 radical (unpaired) electrons. The van der Waals surface area contributed by atoms with Gasteiger partial charge >= 0.3 is 18.0 Å². The maximum absolute atomic E-state index is 12.9. The largest absolute Gasteiger partial charge is 0.496 e. The number of halogens is 4. The van der Waals surface area contributed by atoms with Crippen molar-refractivity contribution in [1.82, 2.24) is 20.2 Å². The van der Waals surface area contributed by atoms with Crippen molar-refractivity contribution >= 4 is 115 Å². The summed E-state index contributed by atoms with van der Waals surface area (Å²) < 4.78 is 29.8. The number of carbonyl (C=O) groups excluding carboxylic acids is 5. The second kappa shape index (κ2) is 18.6. The van der Waals surface area contributed by atoms with E-state index in [1.165, 1.54) is 39.7 Å². The number of benzene rings is 2. The van der Waals surface area contributed by atoms with Crippen LogP contribution in [0.3, 0.4) is 0 Å². The van der Waals surface area contributed by atoms with Gasteiger partial charge in [0.15, 0.2) is 0 Å². The summed E-state index contributed by atoms with van der Waals surface area (Å²) >= 11 is 13.8. The SMILES string of the molecule is COC(=O)[C@H](Cc1c(Br)[nH]c2cc(Br)c(OC)cc12)NC(C)=O.COC(=O)[C@H](Cc1c(Br)n(C(=O)OC(C)(C)C)c2cc(Br)c(OC)cc12)NC(C)=O. The van der Waals surface area contributed by atoms with Gasteiger partial charge in [-0.05, 0) is 120 Å². The first-order chi connectivity index (χ1) is 24.8. The summed E-state index contributed by atoms with van der Waals surface area (Å²) in [5.74, 6) is -0.537. The number of hydrogen-bond donors (Lipinski definition) is 3. The Balaban J connectivity index is 0.000000295. The Labute approximate surface area is 339 Å². The zero-order chi connectivity index (χ0) is 39.9. The predicted molar refractivity (Wildman–Crippen MR) is 212 cm³/mol. The maximum atomic E-state index is 12.9. The van der Waals surface area contributed by atoms with E-state index in [0.29, 0.717) is 37.0 Å². The van der Waals surface area contributed by atoms with Gasteiger partial charge in [0.05, 0.1) is 52.1 Å². The number of esters is 2. The number of hydrogen-bond acceptors (Lipinski definition) is 10. The van der Waals surface area contributed by atoms with Gasteiger partial charge in [-0.3, -0.25) is 9.59 Å². The molecule has 288 valence electrons. The van der Waals surface area contributed by atoms with Crippen molar-refractivity contribution in [3.8, 4) is 11.5 Å². The second-order valence-electron chi connectivity index (χ2n) is 12.5. The molecule has 4 rings (SSSR count). The molecule has 53 heavy (non-hydrogen) atoms. The third kappa shape index (κ3) is 11.0. The predicted octanol–water partition coefficient (Wildman–Crippen LogP) is 7.10. The number of H-pyrrole nitrogens is 1. The zero-order valence-electron chi connectivity index (χ0n) is 30.4. The van der Waals surface area contributed by atoms with E-state index in [0.717, 1.165) is 25.5 Å². The topological polar surface area (TPSA) is 176 Å². The van der Waals surface area contributed by atoms with E-state index in [1.54, 1.807) is 40.0 Å². The van der Waals surface area contributed by atoms with Crippen LogP contribution in [0.5, 0.6) is 11.5 Å². The smallest absolute Gasteiger partial charge is 0.419 e. The van der Waals surface area contributed by atoms with E-state index in [9.17, 15) is 24.0 Å². The standard InChI is InChI=1S/C20H24Br2N2O6.C15H16Br2N2O4/c1-10(25)23-14(18(26)29-6)7-12-11-8-16(28-5)13(21)9-15(11)24(17(12)22)19(27)30-20(2,3)4;1-7(20)18-12(15(21)23-3)4-9-8-5-13(22-2)10(16)6-11(8)19-14(9)17/h8-9,14H,7H2,1-6H3,(H,23,25);5-6,12,19H,4H2,1-3H3,(H,18,20)/t14-;12-/m00/s1. The number of nitrogens with one attached hydrogen (secondary N) is 3. The highest BCUT2D eigenvalue weighted by atomic mass is 79.9. The third-order valence-corrected chi connectivity index (χ3v) is 10.3. The molecular formula is C35H40Br4N4O10.